The first-order valence-electron chi connectivity index (χ1n) is 17.4. The minimum absolute atomic E-state index is 0.192. The molecule has 1 aliphatic carbocycles. The Balaban J connectivity index is 1.20. The molecule has 8 aromatic rings. The Labute approximate surface area is 294 Å². The summed E-state index contributed by atoms with van der Waals surface area (Å²) in [6.07, 6.45) is 0. The molecule has 0 unspecified atom stereocenters. The number of rotatable bonds is 6. The molecule has 0 bridgehead atoms. The molecule has 1 aliphatic rings. The van der Waals surface area contributed by atoms with Crippen molar-refractivity contribution in [1.29, 1.82) is 0 Å². The molecule has 1 heteroatoms. The SMILES string of the molecule is CC1(C)c2cc3ccccc3cc2-c2cccc(N(c3ccc(-c4ccccc4)cc3)c3ccc(-c4ccccc4-c4ccccc4)cc3)c21. The van der Waals surface area contributed by atoms with Gasteiger partial charge in [-0.15, -0.1) is 0 Å². The van der Waals surface area contributed by atoms with Crippen molar-refractivity contribution in [1.82, 2.24) is 0 Å². The van der Waals surface area contributed by atoms with Gasteiger partial charge in [-0.25, -0.2) is 0 Å². The molecule has 0 aliphatic heterocycles. The van der Waals surface area contributed by atoms with Crippen molar-refractivity contribution in [3.8, 4) is 44.5 Å². The van der Waals surface area contributed by atoms with E-state index in [-0.39, 0.29) is 5.41 Å². The summed E-state index contributed by atoms with van der Waals surface area (Å²) in [5, 5.41) is 2.56. The largest absolute Gasteiger partial charge is 0.310 e. The fourth-order valence-corrected chi connectivity index (χ4v) is 7.98. The average molecular weight is 640 g/mol. The van der Waals surface area contributed by atoms with E-state index in [1.165, 1.54) is 72.1 Å². The van der Waals surface area contributed by atoms with E-state index < -0.39 is 0 Å². The van der Waals surface area contributed by atoms with Crippen LogP contribution in [0.3, 0.4) is 0 Å². The third kappa shape index (κ3) is 5.02. The highest BCUT2D eigenvalue weighted by molar-refractivity contribution is 5.97. The maximum Gasteiger partial charge on any atom is 0.0508 e. The van der Waals surface area contributed by atoms with Gasteiger partial charge in [0.25, 0.3) is 0 Å². The smallest absolute Gasteiger partial charge is 0.0508 e. The Morgan fingerprint density at radius 1 is 0.360 bits per heavy atom. The Morgan fingerprint density at radius 3 is 1.44 bits per heavy atom. The van der Waals surface area contributed by atoms with Crippen LogP contribution in [-0.4, -0.2) is 0 Å². The molecular formula is C49H37N. The molecule has 0 spiro atoms. The van der Waals surface area contributed by atoms with Crippen molar-refractivity contribution in [2.24, 2.45) is 0 Å². The van der Waals surface area contributed by atoms with E-state index in [0.717, 1.165) is 11.4 Å². The van der Waals surface area contributed by atoms with Crippen LogP contribution in [0.25, 0.3) is 55.3 Å². The number of hydrogen-bond acceptors (Lipinski definition) is 1. The van der Waals surface area contributed by atoms with Crippen LogP contribution in [0.15, 0.2) is 188 Å². The number of anilines is 3. The van der Waals surface area contributed by atoms with E-state index in [0.29, 0.717) is 0 Å². The van der Waals surface area contributed by atoms with Crippen molar-refractivity contribution in [2.75, 3.05) is 4.90 Å². The molecule has 1 nitrogen and oxygen atoms in total. The number of nitrogens with zero attached hydrogens (tertiary/aromatic N) is 1. The summed E-state index contributed by atoms with van der Waals surface area (Å²) in [7, 11) is 0. The number of hydrogen-bond donors (Lipinski definition) is 0. The van der Waals surface area contributed by atoms with E-state index in [9.17, 15) is 0 Å². The molecule has 0 radical (unpaired) electrons. The quantitative estimate of drug-likeness (QED) is 0.175. The van der Waals surface area contributed by atoms with Crippen LogP contribution in [0.5, 0.6) is 0 Å². The lowest BCUT2D eigenvalue weighted by molar-refractivity contribution is 0.661. The van der Waals surface area contributed by atoms with Crippen LogP contribution in [0, 0.1) is 0 Å². The van der Waals surface area contributed by atoms with Crippen LogP contribution in [0.4, 0.5) is 17.1 Å². The number of fused-ring (bicyclic) bond motifs is 4. The average Bonchev–Trinajstić information content (AvgIpc) is 3.41. The van der Waals surface area contributed by atoms with E-state index in [1.54, 1.807) is 0 Å². The topological polar surface area (TPSA) is 3.24 Å². The lowest BCUT2D eigenvalue weighted by Gasteiger charge is -2.32. The predicted molar refractivity (Wildman–Crippen MR) is 213 cm³/mol. The Kier molecular flexibility index (Phi) is 7.21. The van der Waals surface area contributed by atoms with Crippen LogP contribution < -0.4 is 4.90 Å². The van der Waals surface area contributed by atoms with Gasteiger partial charge in [0.1, 0.15) is 0 Å². The first-order valence-corrected chi connectivity index (χ1v) is 17.4. The van der Waals surface area contributed by atoms with E-state index in [2.05, 4.69) is 207 Å². The molecule has 0 atom stereocenters. The highest BCUT2D eigenvalue weighted by Gasteiger charge is 2.39. The Bertz CT molecular complexity index is 2470. The summed E-state index contributed by atoms with van der Waals surface area (Å²) in [5.74, 6) is 0. The molecule has 0 amide bonds. The minimum atomic E-state index is -0.192. The van der Waals surface area contributed by atoms with Crippen LogP contribution in [-0.2, 0) is 5.41 Å². The summed E-state index contributed by atoms with van der Waals surface area (Å²) in [6.45, 7) is 4.77. The van der Waals surface area contributed by atoms with Crippen LogP contribution in [0.1, 0.15) is 25.0 Å². The second-order valence-corrected chi connectivity index (χ2v) is 13.8. The third-order valence-corrected chi connectivity index (χ3v) is 10.4. The molecule has 0 aromatic heterocycles. The zero-order valence-electron chi connectivity index (χ0n) is 28.3. The van der Waals surface area contributed by atoms with Crippen molar-refractivity contribution in [2.45, 2.75) is 19.3 Å². The van der Waals surface area contributed by atoms with Crippen molar-refractivity contribution in [3.63, 3.8) is 0 Å². The molecule has 8 aromatic carbocycles. The summed E-state index contributed by atoms with van der Waals surface area (Å²) in [4.78, 5) is 2.45. The van der Waals surface area contributed by atoms with Crippen molar-refractivity contribution >= 4 is 27.8 Å². The van der Waals surface area contributed by atoms with E-state index in [1.807, 2.05) is 0 Å². The van der Waals surface area contributed by atoms with Crippen molar-refractivity contribution < 1.29 is 0 Å². The molecular weight excluding hydrogens is 603 g/mol. The number of benzene rings is 8. The van der Waals surface area contributed by atoms with Gasteiger partial charge in [0, 0.05) is 16.8 Å². The van der Waals surface area contributed by atoms with Gasteiger partial charge in [-0.3, -0.25) is 0 Å². The summed E-state index contributed by atoms with van der Waals surface area (Å²) in [5.41, 5.74) is 16.0. The fourth-order valence-electron chi connectivity index (χ4n) is 7.98. The van der Waals surface area contributed by atoms with Gasteiger partial charge in [-0.2, -0.15) is 0 Å². The second kappa shape index (κ2) is 12.1. The monoisotopic (exact) mass is 639 g/mol. The summed E-state index contributed by atoms with van der Waals surface area (Å²) in [6, 6.07) is 68.5. The van der Waals surface area contributed by atoms with Gasteiger partial charge in [0.15, 0.2) is 0 Å². The maximum absolute atomic E-state index is 2.45. The summed E-state index contributed by atoms with van der Waals surface area (Å²) >= 11 is 0. The lowest BCUT2D eigenvalue weighted by Crippen LogP contribution is -2.20. The van der Waals surface area contributed by atoms with Gasteiger partial charge < -0.3 is 4.90 Å². The van der Waals surface area contributed by atoms with Gasteiger partial charge >= 0.3 is 0 Å². The molecule has 9 rings (SSSR count). The zero-order valence-corrected chi connectivity index (χ0v) is 28.3. The van der Waals surface area contributed by atoms with E-state index >= 15 is 0 Å². The lowest BCUT2D eigenvalue weighted by atomic mass is 9.80. The highest BCUT2D eigenvalue weighted by atomic mass is 15.1. The molecule has 0 fully saturated rings. The molecule has 238 valence electrons. The van der Waals surface area contributed by atoms with Crippen LogP contribution in [0.2, 0.25) is 0 Å². The molecule has 0 saturated carbocycles. The molecule has 0 saturated heterocycles. The van der Waals surface area contributed by atoms with Crippen LogP contribution >= 0.6 is 0 Å². The first-order chi connectivity index (χ1) is 24.6. The van der Waals surface area contributed by atoms with E-state index in [4.69, 9.17) is 0 Å². The van der Waals surface area contributed by atoms with Gasteiger partial charge in [0.2, 0.25) is 0 Å². The molecule has 0 heterocycles. The first kappa shape index (κ1) is 29.9. The van der Waals surface area contributed by atoms with Gasteiger partial charge in [0.05, 0.1) is 5.69 Å². The molecule has 0 N–H and O–H groups in total. The fraction of sp³-hybridized carbons (Fsp3) is 0.0612. The molecule has 50 heavy (non-hydrogen) atoms. The normalized spacial score (nSPS) is 12.8. The summed E-state index contributed by atoms with van der Waals surface area (Å²) < 4.78 is 0. The van der Waals surface area contributed by atoms with Gasteiger partial charge in [-0.05, 0) is 109 Å². The maximum atomic E-state index is 2.45. The standard InChI is InChI=1S/C49H37N/c1-49(2)46-33-39-19-10-9-18-38(39)32-45(46)44-22-13-23-47(48(44)49)50(40-28-24-35(25-29-40)34-14-5-3-6-15-34)41-30-26-37(27-31-41)43-21-12-11-20-42(43)36-16-7-4-8-17-36/h3-33H,1-2H3. The Morgan fingerprint density at radius 2 is 0.820 bits per heavy atom. The van der Waals surface area contributed by atoms with Gasteiger partial charge in [-0.1, -0.05) is 159 Å². The Hall–Kier alpha value is -6.18. The van der Waals surface area contributed by atoms with Crippen molar-refractivity contribution in [3.05, 3.63) is 199 Å². The minimum Gasteiger partial charge on any atom is -0.310 e. The highest BCUT2D eigenvalue weighted by Crippen LogP contribution is 2.55. The zero-order chi connectivity index (χ0) is 33.7. The predicted octanol–water partition coefficient (Wildman–Crippen LogP) is 13.6. The third-order valence-electron chi connectivity index (χ3n) is 10.4. The second-order valence-electron chi connectivity index (χ2n) is 13.8.